The Kier molecular flexibility index (Phi) is 4.74. The first-order valence-electron chi connectivity index (χ1n) is 4.85. The fourth-order valence-corrected chi connectivity index (χ4v) is 1.40. The van der Waals surface area contributed by atoms with Crippen LogP contribution in [0.25, 0.3) is 0 Å². The number of rotatable bonds is 6. The third kappa shape index (κ3) is 3.51. The zero-order valence-corrected chi connectivity index (χ0v) is 9.48. The zero-order chi connectivity index (χ0) is 12.2. The maximum atomic E-state index is 11.1. The smallest absolute Gasteiger partial charge is 0.336 e. The summed E-state index contributed by atoms with van der Waals surface area (Å²) in [4.78, 5) is 21.8. The molecule has 0 aromatic carbocycles. The molecule has 1 atom stereocenters. The highest BCUT2D eigenvalue weighted by Gasteiger charge is 2.45. The molecule has 0 bridgehead atoms. The topological polar surface area (TPSA) is 83.8 Å². The molecule has 0 unspecified atom stereocenters. The third-order valence-electron chi connectivity index (χ3n) is 2.15. The SMILES string of the molecule is CC(C)O[C@](CC(=O)O)(C(=O)O)C(C)C. The van der Waals surface area contributed by atoms with Crippen LogP contribution in [0.15, 0.2) is 0 Å². The quantitative estimate of drug-likeness (QED) is 0.703. The first kappa shape index (κ1) is 13.9. The molecule has 0 aliphatic heterocycles. The van der Waals surface area contributed by atoms with Crippen molar-refractivity contribution in [3.8, 4) is 0 Å². The summed E-state index contributed by atoms with van der Waals surface area (Å²) in [5.74, 6) is -2.81. The number of ether oxygens (including phenoxy) is 1. The number of hydrogen-bond donors (Lipinski definition) is 2. The lowest BCUT2D eigenvalue weighted by atomic mass is 9.86. The predicted octanol–water partition coefficient (Wildman–Crippen LogP) is 1.37. The molecule has 0 heterocycles. The Hall–Kier alpha value is -1.10. The average molecular weight is 218 g/mol. The Morgan fingerprint density at radius 2 is 1.67 bits per heavy atom. The molecule has 0 rings (SSSR count). The molecule has 0 aliphatic rings. The highest BCUT2D eigenvalue weighted by Crippen LogP contribution is 2.28. The Labute approximate surface area is 89.0 Å². The van der Waals surface area contributed by atoms with Crippen LogP contribution < -0.4 is 0 Å². The molecule has 0 radical (unpaired) electrons. The lowest BCUT2D eigenvalue weighted by Crippen LogP contribution is -2.49. The normalized spacial score (nSPS) is 15.3. The number of carbonyl (C=O) groups is 2. The van der Waals surface area contributed by atoms with Crippen molar-refractivity contribution in [1.82, 2.24) is 0 Å². The second kappa shape index (κ2) is 5.11. The predicted molar refractivity (Wildman–Crippen MR) is 53.7 cm³/mol. The van der Waals surface area contributed by atoms with Crippen LogP contribution >= 0.6 is 0 Å². The minimum absolute atomic E-state index is 0.331. The van der Waals surface area contributed by atoms with Gasteiger partial charge >= 0.3 is 11.9 Å². The second-order valence-electron chi connectivity index (χ2n) is 4.09. The van der Waals surface area contributed by atoms with Crippen molar-refractivity contribution in [2.75, 3.05) is 0 Å². The van der Waals surface area contributed by atoms with E-state index in [2.05, 4.69) is 0 Å². The average Bonchev–Trinajstić information content (AvgIpc) is 1.99. The van der Waals surface area contributed by atoms with Gasteiger partial charge in [-0.2, -0.15) is 0 Å². The van der Waals surface area contributed by atoms with E-state index in [1.807, 2.05) is 0 Å². The van der Waals surface area contributed by atoms with Crippen LogP contribution in [-0.2, 0) is 14.3 Å². The molecule has 0 saturated carbocycles. The Balaban J connectivity index is 5.07. The summed E-state index contributed by atoms with van der Waals surface area (Å²) in [6, 6.07) is 0. The van der Waals surface area contributed by atoms with Gasteiger partial charge in [0.15, 0.2) is 5.60 Å². The van der Waals surface area contributed by atoms with E-state index < -0.39 is 29.9 Å². The minimum Gasteiger partial charge on any atom is -0.481 e. The van der Waals surface area contributed by atoms with Gasteiger partial charge in [0, 0.05) is 0 Å². The van der Waals surface area contributed by atoms with Crippen LogP contribution in [0.2, 0.25) is 0 Å². The second-order valence-corrected chi connectivity index (χ2v) is 4.09. The Bertz CT molecular complexity index is 246. The van der Waals surface area contributed by atoms with Gasteiger partial charge in [-0.3, -0.25) is 4.79 Å². The van der Waals surface area contributed by atoms with Gasteiger partial charge in [-0.15, -0.1) is 0 Å². The molecule has 88 valence electrons. The van der Waals surface area contributed by atoms with Crippen LogP contribution in [0.4, 0.5) is 0 Å². The first-order chi connectivity index (χ1) is 6.72. The minimum atomic E-state index is -1.64. The van der Waals surface area contributed by atoms with Gasteiger partial charge in [0.25, 0.3) is 0 Å². The summed E-state index contributed by atoms with van der Waals surface area (Å²) in [5, 5.41) is 17.8. The number of carboxylic acid groups (broad SMARTS) is 2. The highest BCUT2D eigenvalue weighted by atomic mass is 16.5. The molecule has 0 aromatic heterocycles. The van der Waals surface area contributed by atoms with E-state index in [0.717, 1.165) is 0 Å². The number of aliphatic carboxylic acids is 2. The van der Waals surface area contributed by atoms with E-state index in [-0.39, 0.29) is 6.10 Å². The van der Waals surface area contributed by atoms with Crippen LogP contribution in [0.1, 0.15) is 34.1 Å². The number of carboxylic acids is 2. The Morgan fingerprint density at radius 3 is 1.87 bits per heavy atom. The molecule has 5 heteroatoms. The highest BCUT2D eigenvalue weighted by molar-refractivity contribution is 5.84. The van der Waals surface area contributed by atoms with Crippen LogP contribution in [0.3, 0.4) is 0 Å². The molecule has 0 spiro atoms. The molecule has 0 saturated heterocycles. The molecule has 0 fully saturated rings. The zero-order valence-electron chi connectivity index (χ0n) is 9.48. The third-order valence-corrected chi connectivity index (χ3v) is 2.15. The molecule has 5 nitrogen and oxygen atoms in total. The molecular formula is C10H18O5. The van der Waals surface area contributed by atoms with Crippen molar-refractivity contribution in [3.63, 3.8) is 0 Å². The van der Waals surface area contributed by atoms with Crippen molar-refractivity contribution in [3.05, 3.63) is 0 Å². The van der Waals surface area contributed by atoms with Crippen LogP contribution in [0.5, 0.6) is 0 Å². The fourth-order valence-electron chi connectivity index (χ4n) is 1.40. The fraction of sp³-hybridized carbons (Fsp3) is 0.800. The van der Waals surface area contributed by atoms with Crippen LogP contribution in [0, 0.1) is 5.92 Å². The summed E-state index contributed by atoms with van der Waals surface area (Å²) in [5.41, 5.74) is -1.64. The van der Waals surface area contributed by atoms with Crippen molar-refractivity contribution in [2.45, 2.75) is 45.8 Å². The molecule has 15 heavy (non-hydrogen) atoms. The van der Waals surface area contributed by atoms with Gasteiger partial charge in [0.05, 0.1) is 12.5 Å². The van der Waals surface area contributed by atoms with Crippen molar-refractivity contribution in [2.24, 2.45) is 5.92 Å². The van der Waals surface area contributed by atoms with Gasteiger partial charge in [-0.1, -0.05) is 13.8 Å². The van der Waals surface area contributed by atoms with E-state index in [0.29, 0.717) is 0 Å². The van der Waals surface area contributed by atoms with E-state index >= 15 is 0 Å². The summed E-state index contributed by atoms with van der Waals surface area (Å²) >= 11 is 0. The maximum absolute atomic E-state index is 11.1. The monoisotopic (exact) mass is 218 g/mol. The largest absolute Gasteiger partial charge is 0.481 e. The van der Waals surface area contributed by atoms with Crippen molar-refractivity contribution >= 4 is 11.9 Å². The lowest BCUT2D eigenvalue weighted by Gasteiger charge is -2.33. The van der Waals surface area contributed by atoms with E-state index in [1.54, 1.807) is 27.7 Å². The molecule has 0 amide bonds. The summed E-state index contributed by atoms with van der Waals surface area (Å²) < 4.78 is 5.29. The van der Waals surface area contributed by atoms with E-state index in [4.69, 9.17) is 14.9 Å². The van der Waals surface area contributed by atoms with Gasteiger partial charge in [-0.25, -0.2) is 4.79 Å². The van der Waals surface area contributed by atoms with Gasteiger partial charge in [-0.05, 0) is 19.8 Å². The van der Waals surface area contributed by atoms with Gasteiger partial charge < -0.3 is 14.9 Å². The molecular weight excluding hydrogens is 200 g/mol. The maximum Gasteiger partial charge on any atom is 0.336 e. The molecule has 0 aliphatic carbocycles. The first-order valence-corrected chi connectivity index (χ1v) is 4.85. The summed E-state index contributed by atoms with van der Waals surface area (Å²) in [7, 11) is 0. The van der Waals surface area contributed by atoms with Gasteiger partial charge in [0.1, 0.15) is 0 Å². The standard InChI is InChI=1S/C10H18O5/c1-6(2)10(9(13)14,5-8(11)12)15-7(3)4/h6-7H,5H2,1-4H3,(H,11,12)(H,13,14)/t10-/m0/s1. The van der Waals surface area contributed by atoms with Crippen molar-refractivity contribution in [1.29, 1.82) is 0 Å². The van der Waals surface area contributed by atoms with E-state index in [1.165, 1.54) is 0 Å². The van der Waals surface area contributed by atoms with Crippen molar-refractivity contribution < 1.29 is 24.5 Å². The van der Waals surface area contributed by atoms with Crippen LogP contribution in [-0.4, -0.2) is 33.9 Å². The number of hydrogen-bond acceptors (Lipinski definition) is 3. The molecule has 0 aromatic rings. The summed E-state index contributed by atoms with van der Waals surface area (Å²) in [6.07, 6.45) is -0.860. The molecule has 2 N–H and O–H groups in total. The summed E-state index contributed by atoms with van der Waals surface area (Å²) in [6.45, 7) is 6.64. The Morgan fingerprint density at radius 1 is 1.20 bits per heavy atom. The lowest BCUT2D eigenvalue weighted by molar-refractivity contribution is -0.186. The van der Waals surface area contributed by atoms with Gasteiger partial charge in [0.2, 0.25) is 0 Å². The van der Waals surface area contributed by atoms with E-state index in [9.17, 15) is 9.59 Å².